The summed E-state index contributed by atoms with van der Waals surface area (Å²) in [4.78, 5) is 21.9. The molecule has 0 radical (unpaired) electrons. The van der Waals surface area contributed by atoms with Gasteiger partial charge < -0.3 is 5.73 Å². The minimum absolute atomic E-state index is 0. The fourth-order valence-electron chi connectivity index (χ4n) is 2.59. The molecule has 0 saturated carbocycles. The van der Waals surface area contributed by atoms with Gasteiger partial charge in [-0.2, -0.15) is 0 Å². The molecule has 120 valence electrons. The Labute approximate surface area is 140 Å². The van der Waals surface area contributed by atoms with E-state index in [2.05, 4.69) is 9.97 Å². The summed E-state index contributed by atoms with van der Waals surface area (Å²) in [6, 6.07) is 11.1. The van der Waals surface area contributed by atoms with E-state index in [-0.39, 0.29) is 24.0 Å². The topological polar surface area (TPSA) is 73.8 Å². The van der Waals surface area contributed by atoms with E-state index in [1.54, 1.807) is 17.7 Å². The number of hydrogen-bond acceptors (Lipinski definition) is 4. The van der Waals surface area contributed by atoms with Crippen molar-refractivity contribution in [3.8, 4) is 11.4 Å². The summed E-state index contributed by atoms with van der Waals surface area (Å²) >= 11 is 0. The molecule has 1 atom stereocenters. The van der Waals surface area contributed by atoms with Crippen molar-refractivity contribution in [2.45, 2.75) is 19.9 Å². The number of hydrogen-bond donors (Lipinski definition) is 1. The van der Waals surface area contributed by atoms with Crippen molar-refractivity contribution in [3.05, 3.63) is 58.1 Å². The highest BCUT2D eigenvalue weighted by Crippen LogP contribution is 2.22. The second-order valence-electron chi connectivity index (χ2n) is 5.50. The molecule has 0 bridgehead atoms. The average Bonchev–Trinajstić information content (AvgIpc) is 2.51. The standard InChI is InChI=1S/C17H18N4O.ClH/c1-10-9-13-15(14(19-10)11(2)18)20-16(21(3)17(13)22)12-7-5-4-6-8-12;/h4-9,11H,18H2,1-3H3;1H/t11-;/m1./s1. The lowest BCUT2D eigenvalue weighted by Gasteiger charge is -2.13. The molecule has 0 amide bonds. The van der Waals surface area contributed by atoms with Crippen LogP contribution in [0.4, 0.5) is 0 Å². The van der Waals surface area contributed by atoms with Crippen molar-refractivity contribution >= 4 is 23.3 Å². The molecule has 0 unspecified atom stereocenters. The molecule has 0 saturated heterocycles. The second kappa shape index (κ2) is 6.48. The van der Waals surface area contributed by atoms with E-state index in [1.807, 2.05) is 44.2 Å². The van der Waals surface area contributed by atoms with Crippen LogP contribution in [0.1, 0.15) is 24.4 Å². The van der Waals surface area contributed by atoms with Gasteiger partial charge in [-0.1, -0.05) is 30.3 Å². The Morgan fingerprint density at radius 1 is 1.17 bits per heavy atom. The Kier molecular flexibility index (Phi) is 4.82. The number of benzene rings is 1. The largest absolute Gasteiger partial charge is 0.323 e. The highest BCUT2D eigenvalue weighted by atomic mass is 35.5. The average molecular weight is 331 g/mol. The van der Waals surface area contributed by atoms with Gasteiger partial charge in [-0.3, -0.25) is 14.3 Å². The third-order valence-corrected chi connectivity index (χ3v) is 3.68. The maximum Gasteiger partial charge on any atom is 0.261 e. The zero-order valence-electron chi connectivity index (χ0n) is 13.3. The van der Waals surface area contributed by atoms with Gasteiger partial charge in [-0.05, 0) is 19.9 Å². The molecular weight excluding hydrogens is 312 g/mol. The van der Waals surface area contributed by atoms with Crippen LogP contribution in [0.5, 0.6) is 0 Å². The molecule has 2 heterocycles. The normalized spacial score (nSPS) is 12.0. The number of halogens is 1. The predicted molar refractivity (Wildman–Crippen MR) is 94.8 cm³/mol. The van der Waals surface area contributed by atoms with Crippen LogP contribution in [-0.2, 0) is 7.05 Å². The quantitative estimate of drug-likeness (QED) is 0.784. The third kappa shape index (κ3) is 2.98. The molecule has 0 aliphatic carbocycles. The molecule has 2 N–H and O–H groups in total. The van der Waals surface area contributed by atoms with E-state index in [9.17, 15) is 4.79 Å². The monoisotopic (exact) mass is 330 g/mol. The maximum atomic E-state index is 12.7. The highest BCUT2D eigenvalue weighted by molar-refractivity contribution is 5.85. The fourth-order valence-corrected chi connectivity index (χ4v) is 2.59. The van der Waals surface area contributed by atoms with Gasteiger partial charge in [0.05, 0.1) is 11.1 Å². The number of fused-ring (bicyclic) bond motifs is 1. The van der Waals surface area contributed by atoms with E-state index in [0.29, 0.717) is 22.4 Å². The lowest BCUT2D eigenvalue weighted by Crippen LogP contribution is -2.22. The lowest BCUT2D eigenvalue weighted by atomic mass is 10.1. The van der Waals surface area contributed by atoms with Crippen LogP contribution in [0.3, 0.4) is 0 Å². The highest BCUT2D eigenvalue weighted by Gasteiger charge is 2.16. The van der Waals surface area contributed by atoms with Gasteiger partial charge in [0.25, 0.3) is 5.56 Å². The minimum Gasteiger partial charge on any atom is -0.323 e. The van der Waals surface area contributed by atoms with Gasteiger partial charge in [0.2, 0.25) is 0 Å². The van der Waals surface area contributed by atoms with Crippen molar-refractivity contribution in [3.63, 3.8) is 0 Å². The Morgan fingerprint density at radius 3 is 2.43 bits per heavy atom. The van der Waals surface area contributed by atoms with Crippen LogP contribution in [-0.4, -0.2) is 14.5 Å². The van der Waals surface area contributed by atoms with Crippen molar-refractivity contribution in [2.24, 2.45) is 12.8 Å². The van der Waals surface area contributed by atoms with Gasteiger partial charge in [-0.25, -0.2) is 4.98 Å². The van der Waals surface area contributed by atoms with Crippen LogP contribution < -0.4 is 11.3 Å². The molecule has 6 heteroatoms. The number of nitrogens with zero attached hydrogens (tertiary/aromatic N) is 3. The molecule has 2 aromatic heterocycles. The van der Waals surface area contributed by atoms with E-state index in [0.717, 1.165) is 11.3 Å². The Bertz CT molecular complexity index is 904. The fraction of sp³-hybridized carbons (Fsp3) is 0.235. The van der Waals surface area contributed by atoms with Gasteiger partial charge in [-0.15, -0.1) is 12.4 Å². The maximum absolute atomic E-state index is 12.7. The number of rotatable bonds is 2. The van der Waals surface area contributed by atoms with Gasteiger partial charge in [0.1, 0.15) is 11.3 Å². The minimum atomic E-state index is -0.286. The number of aryl methyl sites for hydroxylation is 1. The Morgan fingerprint density at radius 2 is 1.83 bits per heavy atom. The zero-order valence-corrected chi connectivity index (χ0v) is 14.1. The molecule has 1 aromatic carbocycles. The van der Waals surface area contributed by atoms with Gasteiger partial charge in [0.15, 0.2) is 0 Å². The third-order valence-electron chi connectivity index (χ3n) is 3.68. The summed E-state index contributed by atoms with van der Waals surface area (Å²) < 4.78 is 1.57. The van der Waals surface area contributed by atoms with Gasteiger partial charge >= 0.3 is 0 Å². The first-order valence-corrected chi connectivity index (χ1v) is 7.18. The number of nitrogens with two attached hydrogens (primary N) is 1. The molecule has 0 aliphatic heterocycles. The first-order valence-electron chi connectivity index (χ1n) is 7.18. The zero-order chi connectivity index (χ0) is 15.9. The van der Waals surface area contributed by atoms with Crippen LogP contribution >= 0.6 is 12.4 Å². The van der Waals surface area contributed by atoms with E-state index < -0.39 is 0 Å². The summed E-state index contributed by atoms with van der Waals surface area (Å²) in [7, 11) is 1.73. The molecule has 0 spiro atoms. The Hall–Kier alpha value is -2.24. The molecule has 0 fully saturated rings. The summed E-state index contributed by atoms with van der Waals surface area (Å²) in [5.74, 6) is 0.616. The molecule has 23 heavy (non-hydrogen) atoms. The van der Waals surface area contributed by atoms with Crippen LogP contribution in [0.2, 0.25) is 0 Å². The second-order valence-corrected chi connectivity index (χ2v) is 5.50. The van der Waals surface area contributed by atoms with E-state index in [1.165, 1.54) is 0 Å². The summed E-state index contributed by atoms with van der Waals surface area (Å²) in [5.41, 5.74) is 8.83. The number of pyridine rings is 1. The first-order chi connectivity index (χ1) is 10.5. The predicted octanol–water partition coefficient (Wildman–Crippen LogP) is 2.75. The van der Waals surface area contributed by atoms with Crippen molar-refractivity contribution in [2.75, 3.05) is 0 Å². The van der Waals surface area contributed by atoms with Crippen molar-refractivity contribution in [1.29, 1.82) is 0 Å². The van der Waals surface area contributed by atoms with Crippen LogP contribution in [0.25, 0.3) is 22.3 Å². The van der Waals surface area contributed by atoms with E-state index >= 15 is 0 Å². The summed E-state index contributed by atoms with van der Waals surface area (Å²) in [5, 5.41) is 0.557. The SMILES string of the molecule is Cc1cc2c(=O)n(C)c(-c3ccccc3)nc2c([C@@H](C)N)n1.Cl. The van der Waals surface area contributed by atoms with E-state index in [4.69, 9.17) is 5.73 Å². The molecule has 3 rings (SSSR count). The van der Waals surface area contributed by atoms with Crippen molar-refractivity contribution in [1.82, 2.24) is 14.5 Å². The number of aromatic nitrogens is 3. The lowest BCUT2D eigenvalue weighted by molar-refractivity contribution is 0.777. The summed E-state index contributed by atoms with van der Waals surface area (Å²) in [6.07, 6.45) is 0. The summed E-state index contributed by atoms with van der Waals surface area (Å²) in [6.45, 7) is 3.71. The molecule has 0 aliphatic rings. The first kappa shape index (κ1) is 17.1. The molecule has 3 aromatic rings. The van der Waals surface area contributed by atoms with Gasteiger partial charge in [0, 0.05) is 24.3 Å². The van der Waals surface area contributed by atoms with Crippen LogP contribution in [0.15, 0.2) is 41.2 Å². The van der Waals surface area contributed by atoms with Crippen molar-refractivity contribution < 1.29 is 0 Å². The smallest absolute Gasteiger partial charge is 0.261 e. The Balaban J connectivity index is 0.00000192. The molecule has 5 nitrogen and oxygen atoms in total. The molecular formula is C17H19ClN4O. The van der Waals surface area contributed by atoms with Crippen LogP contribution in [0, 0.1) is 6.92 Å².